The maximum atomic E-state index is 12.3. The topological polar surface area (TPSA) is 114 Å². The van der Waals surface area contributed by atoms with Crippen molar-refractivity contribution in [1.29, 1.82) is 0 Å². The lowest BCUT2D eigenvalue weighted by molar-refractivity contribution is -0.128. The third-order valence-corrected chi connectivity index (χ3v) is 5.73. The first-order valence-electron chi connectivity index (χ1n) is 11.9. The normalized spacial score (nSPS) is 15.1. The van der Waals surface area contributed by atoms with Crippen molar-refractivity contribution in [2.45, 2.75) is 66.0 Å². The number of nitrogens with zero attached hydrogens (tertiary/aromatic N) is 5. The Morgan fingerprint density at radius 3 is 2.43 bits per heavy atom. The van der Waals surface area contributed by atoms with Crippen molar-refractivity contribution >= 4 is 29.4 Å². The van der Waals surface area contributed by atoms with Crippen LogP contribution in [0.1, 0.15) is 60.4 Å². The average Bonchev–Trinajstić information content (AvgIpc) is 3.25. The summed E-state index contributed by atoms with van der Waals surface area (Å²) >= 11 is 6.04. The molecule has 3 heterocycles. The van der Waals surface area contributed by atoms with E-state index >= 15 is 0 Å². The second-order valence-electron chi connectivity index (χ2n) is 10.7. The SMILES string of the molecule is CC(C)(C)OC(=O)N1CCC(n2cc(-c3cnc(Cl)nc3NCCNC(=O)C(C)(C)C)cn2)CC1. The van der Waals surface area contributed by atoms with Gasteiger partial charge in [-0.25, -0.2) is 14.8 Å². The molecule has 1 saturated heterocycles. The third kappa shape index (κ3) is 7.55. The van der Waals surface area contributed by atoms with Crippen LogP contribution in [-0.4, -0.2) is 68.4 Å². The Bertz CT molecular complexity index is 1030. The molecule has 0 aromatic carbocycles. The summed E-state index contributed by atoms with van der Waals surface area (Å²) in [6, 6.07) is 0.180. The number of likely N-dealkylation sites (tertiary alicyclic amines) is 1. The van der Waals surface area contributed by atoms with Gasteiger partial charge in [0.1, 0.15) is 11.4 Å². The third-order valence-electron chi connectivity index (χ3n) is 5.55. The van der Waals surface area contributed by atoms with Crippen LogP contribution in [0.25, 0.3) is 11.1 Å². The molecule has 1 aliphatic rings. The summed E-state index contributed by atoms with van der Waals surface area (Å²) < 4.78 is 7.42. The zero-order valence-electron chi connectivity index (χ0n) is 21.4. The second kappa shape index (κ2) is 10.8. The highest BCUT2D eigenvalue weighted by Crippen LogP contribution is 2.29. The van der Waals surface area contributed by atoms with Crippen molar-refractivity contribution in [2.75, 3.05) is 31.5 Å². The van der Waals surface area contributed by atoms with Crippen molar-refractivity contribution in [3.8, 4) is 11.1 Å². The van der Waals surface area contributed by atoms with Crippen molar-refractivity contribution in [3.05, 3.63) is 23.9 Å². The Morgan fingerprint density at radius 2 is 1.80 bits per heavy atom. The lowest BCUT2D eigenvalue weighted by atomic mass is 9.96. The van der Waals surface area contributed by atoms with E-state index in [0.717, 1.165) is 24.0 Å². The molecule has 3 rings (SSSR count). The lowest BCUT2D eigenvalue weighted by Crippen LogP contribution is -2.42. The van der Waals surface area contributed by atoms with Gasteiger partial charge >= 0.3 is 6.09 Å². The van der Waals surface area contributed by atoms with Crippen LogP contribution in [0.3, 0.4) is 0 Å². The number of rotatable bonds is 6. The fraction of sp³-hybridized carbons (Fsp3) is 0.625. The summed E-state index contributed by atoms with van der Waals surface area (Å²) in [5.74, 6) is 0.563. The van der Waals surface area contributed by atoms with Crippen molar-refractivity contribution in [3.63, 3.8) is 0 Å². The van der Waals surface area contributed by atoms with Crippen LogP contribution >= 0.6 is 11.6 Å². The number of anilines is 1. The predicted molar refractivity (Wildman–Crippen MR) is 135 cm³/mol. The standard InChI is InChI=1S/C24H36ClN7O3/c1-23(2,3)20(33)27-10-9-26-19-18(14-28-21(25)30-19)16-13-29-32(15-16)17-7-11-31(12-8-17)22(34)35-24(4,5)6/h13-15,17H,7-12H2,1-6H3,(H,27,33)(H,26,28,30). The number of aromatic nitrogens is 4. The van der Waals surface area contributed by atoms with Crippen LogP contribution < -0.4 is 10.6 Å². The van der Waals surface area contributed by atoms with Crippen molar-refractivity contribution < 1.29 is 14.3 Å². The Balaban J connectivity index is 1.61. The summed E-state index contributed by atoms with van der Waals surface area (Å²) in [7, 11) is 0. The average molecular weight is 506 g/mol. The van der Waals surface area contributed by atoms with Crippen LogP contribution in [-0.2, 0) is 9.53 Å². The first kappa shape index (κ1) is 26.7. The molecule has 2 aromatic rings. The van der Waals surface area contributed by atoms with E-state index in [-0.39, 0.29) is 23.3 Å². The van der Waals surface area contributed by atoms with E-state index in [1.165, 1.54) is 0 Å². The van der Waals surface area contributed by atoms with Gasteiger partial charge in [0.05, 0.1) is 12.2 Å². The van der Waals surface area contributed by atoms with Crippen molar-refractivity contribution in [1.82, 2.24) is 30.0 Å². The van der Waals surface area contributed by atoms with Gasteiger partial charge in [-0.1, -0.05) is 20.8 Å². The zero-order chi connectivity index (χ0) is 25.8. The van der Waals surface area contributed by atoms with Crippen LogP contribution in [0.5, 0.6) is 0 Å². The molecule has 0 unspecified atom stereocenters. The fourth-order valence-electron chi connectivity index (χ4n) is 3.64. The largest absolute Gasteiger partial charge is 0.444 e. The van der Waals surface area contributed by atoms with Gasteiger partial charge in [-0.3, -0.25) is 9.48 Å². The molecule has 35 heavy (non-hydrogen) atoms. The van der Waals surface area contributed by atoms with E-state index in [4.69, 9.17) is 16.3 Å². The highest BCUT2D eigenvalue weighted by Gasteiger charge is 2.28. The summed E-state index contributed by atoms with van der Waals surface area (Å²) in [6.07, 6.45) is 6.71. The molecule has 10 nitrogen and oxygen atoms in total. The molecule has 0 radical (unpaired) electrons. The Hall–Kier alpha value is -2.88. The van der Waals surface area contributed by atoms with Gasteiger partial charge in [0.2, 0.25) is 11.2 Å². The lowest BCUT2D eigenvalue weighted by Gasteiger charge is -2.33. The van der Waals surface area contributed by atoms with Gasteiger partial charge in [-0.2, -0.15) is 5.10 Å². The molecule has 1 fully saturated rings. The number of hydrogen-bond acceptors (Lipinski definition) is 7. The molecule has 0 spiro atoms. The number of carbonyl (C=O) groups excluding carboxylic acids is 2. The number of nitrogens with one attached hydrogen (secondary N) is 2. The van der Waals surface area contributed by atoms with Crippen LogP contribution in [0.15, 0.2) is 18.6 Å². The zero-order valence-corrected chi connectivity index (χ0v) is 22.1. The van der Waals surface area contributed by atoms with Crippen LogP contribution in [0, 0.1) is 5.41 Å². The van der Waals surface area contributed by atoms with Crippen molar-refractivity contribution in [2.24, 2.45) is 5.41 Å². The molecule has 192 valence electrons. The molecule has 2 amide bonds. The summed E-state index contributed by atoms with van der Waals surface area (Å²) in [5.41, 5.74) is 0.683. The van der Waals surface area contributed by atoms with Crippen LogP contribution in [0.4, 0.5) is 10.6 Å². The highest BCUT2D eigenvalue weighted by atomic mass is 35.5. The molecule has 0 saturated carbocycles. The summed E-state index contributed by atoms with van der Waals surface area (Å²) in [6.45, 7) is 13.4. The molecule has 1 aliphatic heterocycles. The quantitative estimate of drug-likeness (QED) is 0.448. The molecular formula is C24H36ClN7O3. The maximum Gasteiger partial charge on any atom is 0.410 e. The van der Waals surface area contributed by atoms with E-state index in [2.05, 4.69) is 25.7 Å². The molecule has 11 heteroatoms. The van der Waals surface area contributed by atoms with Gasteiger partial charge in [-0.05, 0) is 45.2 Å². The van der Waals surface area contributed by atoms with E-state index in [0.29, 0.717) is 32.0 Å². The molecule has 0 bridgehead atoms. The first-order valence-corrected chi connectivity index (χ1v) is 12.3. The molecular weight excluding hydrogens is 470 g/mol. The molecule has 2 aromatic heterocycles. The highest BCUT2D eigenvalue weighted by molar-refractivity contribution is 6.28. The van der Waals surface area contributed by atoms with Gasteiger partial charge in [0.25, 0.3) is 0 Å². The number of amides is 2. The number of ether oxygens (including phenoxy) is 1. The van der Waals surface area contributed by atoms with E-state index in [1.54, 1.807) is 17.3 Å². The monoisotopic (exact) mass is 505 g/mol. The van der Waals surface area contributed by atoms with E-state index in [1.807, 2.05) is 52.4 Å². The molecule has 0 atom stereocenters. The fourth-order valence-corrected chi connectivity index (χ4v) is 3.78. The minimum Gasteiger partial charge on any atom is -0.444 e. The maximum absolute atomic E-state index is 12.3. The smallest absolute Gasteiger partial charge is 0.410 e. The van der Waals surface area contributed by atoms with Gasteiger partial charge in [0.15, 0.2) is 0 Å². The number of carbonyl (C=O) groups is 2. The minimum atomic E-state index is -0.505. The predicted octanol–water partition coefficient (Wildman–Crippen LogP) is 4.14. The van der Waals surface area contributed by atoms with E-state index < -0.39 is 11.0 Å². The number of halogens is 1. The van der Waals surface area contributed by atoms with Gasteiger partial charge < -0.3 is 20.3 Å². The van der Waals surface area contributed by atoms with Gasteiger partial charge in [-0.15, -0.1) is 0 Å². The van der Waals surface area contributed by atoms with Crippen LogP contribution in [0.2, 0.25) is 5.28 Å². The Kier molecular flexibility index (Phi) is 8.25. The number of hydrogen-bond donors (Lipinski definition) is 2. The number of piperidine rings is 1. The summed E-state index contributed by atoms with van der Waals surface area (Å²) in [4.78, 5) is 34.6. The second-order valence-corrected chi connectivity index (χ2v) is 11.1. The molecule has 2 N–H and O–H groups in total. The summed E-state index contributed by atoms with van der Waals surface area (Å²) in [5, 5.41) is 10.8. The first-order chi connectivity index (χ1) is 16.3. The minimum absolute atomic E-state index is 0.0146. The molecule has 0 aliphatic carbocycles. The van der Waals surface area contributed by atoms with Gasteiger partial charge in [0, 0.05) is 55.1 Å². The Labute approximate surface area is 211 Å². The van der Waals surface area contributed by atoms with E-state index in [9.17, 15) is 9.59 Å². The Morgan fingerprint density at radius 1 is 1.11 bits per heavy atom.